The smallest absolute Gasteiger partial charge is 0.274 e. The van der Waals surface area contributed by atoms with Gasteiger partial charge < -0.3 is 4.42 Å². The second kappa shape index (κ2) is 3.93. The molecule has 0 saturated carbocycles. The van der Waals surface area contributed by atoms with Gasteiger partial charge in [0.2, 0.25) is 5.09 Å². The van der Waals surface area contributed by atoms with Gasteiger partial charge >= 0.3 is 0 Å². The molecule has 0 radical (unpaired) electrons. The van der Waals surface area contributed by atoms with Crippen LogP contribution in [0.15, 0.2) is 21.8 Å². The van der Waals surface area contributed by atoms with E-state index in [4.69, 9.17) is 4.42 Å². The van der Waals surface area contributed by atoms with Crippen LogP contribution < -0.4 is 4.72 Å². The lowest BCUT2D eigenvalue weighted by Gasteiger charge is -2.02. The minimum Gasteiger partial charge on any atom is -0.451 e. The standard InChI is InChI=1S/C8H13NO3S/c1-3-7-5-6-12-8(7)13(10,11)9-4-2/h5-6,9H,3-4H2,1-2H3. The molecule has 0 aliphatic heterocycles. The molecule has 0 bridgehead atoms. The first kappa shape index (κ1) is 10.3. The maximum atomic E-state index is 11.5. The number of hydrogen-bond acceptors (Lipinski definition) is 3. The van der Waals surface area contributed by atoms with Crippen LogP contribution >= 0.6 is 0 Å². The summed E-state index contributed by atoms with van der Waals surface area (Å²) in [7, 11) is -3.43. The molecule has 1 heterocycles. The molecule has 0 aromatic carbocycles. The Labute approximate surface area is 78.0 Å². The predicted molar refractivity (Wildman–Crippen MR) is 48.9 cm³/mol. The highest BCUT2D eigenvalue weighted by Crippen LogP contribution is 2.16. The Bertz CT molecular complexity index is 366. The van der Waals surface area contributed by atoms with Crippen LogP contribution in [0.3, 0.4) is 0 Å². The Hall–Kier alpha value is -0.810. The molecule has 1 rings (SSSR count). The molecule has 0 atom stereocenters. The Morgan fingerprint density at radius 3 is 2.69 bits per heavy atom. The van der Waals surface area contributed by atoms with Gasteiger partial charge in [0, 0.05) is 12.1 Å². The zero-order valence-electron chi connectivity index (χ0n) is 7.70. The fourth-order valence-corrected chi connectivity index (χ4v) is 2.33. The van der Waals surface area contributed by atoms with Gasteiger partial charge in [-0.05, 0) is 12.5 Å². The van der Waals surface area contributed by atoms with Crippen LogP contribution in [0.1, 0.15) is 19.4 Å². The summed E-state index contributed by atoms with van der Waals surface area (Å²) in [5, 5.41) is 0.0388. The van der Waals surface area contributed by atoms with Crippen molar-refractivity contribution >= 4 is 10.0 Å². The topological polar surface area (TPSA) is 59.3 Å². The van der Waals surface area contributed by atoms with E-state index in [1.54, 1.807) is 13.0 Å². The van der Waals surface area contributed by atoms with Crippen LogP contribution in [0.4, 0.5) is 0 Å². The van der Waals surface area contributed by atoms with E-state index < -0.39 is 10.0 Å². The van der Waals surface area contributed by atoms with Gasteiger partial charge in [0.05, 0.1) is 6.26 Å². The van der Waals surface area contributed by atoms with Gasteiger partial charge in [-0.3, -0.25) is 0 Å². The van der Waals surface area contributed by atoms with Crippen molar-refractivity contribution in [3.05, 3.63) is 17.9 Å². The SMILES string of the molecule is CCNS(=O)(=O)c1occc1CC. The highest BCUT2D eigenvalue weighted by Gasteiger charge is 2.19. The number of rotatable bonds is 4. The molecule has 0 fully saturated rings. The van der Waals surface area contributed by atoms with Crippen LogP contribution in [0.2, 0.25) is 0 Å². The molecule has 13 heavy (non-hydrogen) atoms. The third-order valence-corrected chi connectivity index (χ3v) is 3.18. The number of sulfonamides is 1. The highest BCUT2D eigenvalue weighted by molar-refractivity contribution is 7.89. The zero-order chi connectivity index (χ0) is 9.90. The van der Waals surface area contributed by atoms with Crippen molar-refractivity contribution in [2.45, 2.75) is 25.4 Å². The minimum absolute atomic E-state index is 0.0388. The molecule has 1 aromatic rings. The van der Waals surface area contributed by atoms with Gasteiger partial charge in [-0.1, -0.05) is 13.8 Å². The van der Waals surface area contributed by atoms with Crippen LogP contribution in [-0.2, 0) is 16.4 Å². The minimum atomic E-state index is -3.43. The summed E-state index contributed by atoms with van der Waals surface area (Å²) < 4.78 is 30.2. The van der Waals surface area contributed by atoms with Crippen LogP contribution in [0, 0.1) is 0 Å². The number of nitrogens with one attached hydrogen (secondary N) is 1. The lowest BCUT2D eigenvalue weighted by atomic mass is 10.3. The normalized spacial score (nSPS) is 11.8. The van der Waals surface area contributed by atoms with Gasteiger partial charge in [-0.25, -0.2) is 13.1 Å². The zero-order valence-corrected chi connectivity index (χ0v) is 8.52. The summed E-state index contributed by atoms with van der Waals surface area (Å²) in [6.07, 6.45) is 2.04. The average Bonchev–Trinajstić information content (AvgIpc) is 2.51. The summed E-state index contributed by atoms with van der Waals surface area (Å²) in [6.45, 7) is 3.98. The first-order valence-corrected chi connectivity index (χ1v) is 5.66. The molecule has 0 spiro atoms. The average molecular weight is 203 g/mol. The highest BCUT2D eigenvalue weighted by atomic mass is 32.2. The van der Waals surface area contributed by atoms with E-state index in [1.807, 2.05) is 6.92 Å². The molecule has 0 saturated heterocycles. The first-order valence-electron chi connectivity index (χ1n) is 4.17. The van der Waals surface area contributed by atoms with Crippen molar-refractivity contribution in [3.63, 3.8) is 0 Å². The van der Waals surface area contributed by atoms with Gasteiger partial charge in [0.15, 0.2) is 0 Å². The molecule has 0 aliphatic carbocycles. The Balaban J connectivity index is 3.07. The van der Waals surface area contributed by atoms with Crippen molar-refractivity contribution in [1.82, 2.24) is 4.72 Å². The van der Waals surface area contributed by atoms with E-state index in [1.165, 1.54) is 6.26 Å². The molecule has 0 unspecified atom stereocenters. The molecule has 4 nitrogen and oxygen atoms in total. The second-order valence-electron chi connectivity index (χ2n) is 2.59. The third kappa shape index (κ3) is 2.10. The Morgan fingerprint density at radius 1 is 1.46 bits per heavy atom. The van der Waals surface area contributed by atoms with Crippen molar-refractivity contribution in [2.24, 2.45) is 0 Å². The number of aryl methyl sites for hydroxylation is 1. The van der Waals surface area contributed by atoms with Crippen LogP contribution in [-0.4, -0.2) is 15.0 Å². The van der Waals surface area contributed by atoms with Crippen molar-refractivity contribution in [1.29, 1.82) is 0 Å². The van der Waals surface area contributed by atoms with Crippen LogP contribution in [0.25, 0.3) is 0 Å². The molecule has 5 heteroatoms. The second-order valence-corrected chi connectivity index (χ2v) is 4.25. The van der Waals surface area contributed by atoms with E-state index >= 15 is 0 Å². The van der Waals surface area contributed by atoms with E-state index in [-0.39, 0.29) is 5.09 Å². The summed E-state index contributed by atoms with van der Waals surface area (Å²) in [6, 6.07) is 1.67. The van der Waals surface area contributed by atoms with Crippen molar-refractivity contribution in [3.8, 4) is 0 Å². The van der Waals surface area contributed by atoms with E-state index in [9.17, 15) is 8.42 Å². The fourth-order valence-electron chi connectivity index (χ4n) is 1.08. The van der Waals surface area contributed by atoms with Gasteiger partial charge in [-0.2, -0.15) is 0 Å². The lowest BCUT2D eigenvalue weighted by molar-refractivity contribution is 0.441. The van der Waals surface area contributed by atoms with E-state index in [0.717, 1.165) is 0 Å². The van der Waals surface area contributed by atoms with Crippen LogP contribution in [0.5, 0.6) is 0 Å². The quantitative estimate of drug-likeness (QED) is 0.798. The van der Waals surface area contributed by atoms with Gasteiger partial charge in [0.25, 0.3) is 10.0 Å². The number of furan rings is 1. The molecule has 74 valence electrons. The van der Waals surface area contributed by atoms with Gasteiger partial charge in [0.1, 0.15) is 0 Å². The van der Waals surface area contributed by atoms with Crippen molar-refractivity contribution < 1.29 is 12.8 Å². The Kier molecular flexibility index (Phi) is 3.11. The molecule has 1 aromatic heterocycles. The molecule has 0 amide bonds. The lowest BCUT2D eigenvalue weighted by Crippen LogP contribution is -2.23. The summed E-state index contributed by atoms with van der Waals surface area (Å²) in [5.41, 5.74) is 0.709. The molecular formula is C8H13NO3S. The Morgan fingerprint density at radius 2 is 2.15 bits per heavy atom. The summed E-state index contributed by atoms with van der Waals surface area (Å²) in [4.78, 5) is 0. The first-order chi connectivity index (χ1) is 6.11. The van der Waals surface area contributed by atoms with E-state index in [0.29, 0.717) is 18.5 Å². The van der Waals surface area contributed by atoms with E-state index in [2.05, 4.69) is 4.72 Å². The third-order valence-electron chi connectivity index (χ3n) is 1.67. The van der Waals surface area contributed by atoms with Gasteiger partial charge in [-0.15, -0.1) is 0 Å². The summed E-state index contributed by atoms with van der Waals surface area (Å²) >= 11 is 0. The predicted octanol–water partition coefficient (Wildman–Crippen LogP) is 1.14. The molecular weight excluding hydrogens is 190 g/mol. The summed E-state index contributed by atoms with van der Waals surface area (Å²) in [5.74, 6) is 0. The monoisotopic (exact) mass is 203 g/mol. The number of hydrogen-bond donors (Lipinski definition) is 1. The largest absolute Gasteiger partial charge is 0.451 e. The maximum Gasteiger partial charge on any atom is 0.274 e. The maximum absolute atomic E-state index is 11.5. The van der Waals surface area contributed by atoms with Crippen molar-refractivity contribution in [2.75, 3.05) is 6.54 Å². The fraction of sp³-hybridized carbons (Fsp3) is 0.500. The molecule has 0 aliphatic rings. The molecule has 1 N–H and O–H groups in total.